The van der Waals surface area contributed by atoms with Crippen molar-refractivity contribution in [1.82, 2.24) is 10.2 Å². The van der Waals surface area contributed by atoms with E-state index in [0.29, 0.717) is 6.54 Å². The Kier molecular flexibility index (Phi) is 8.38. The predicted molar refractivity (Wildman–Crippen MR) is 97.4 cm³/mol. The molecule has 7 heteroatoms. The molecule has 2 unspecified atom stereocenters. The molecule has 2 atom stereocenters. The molecule has 6 nitrogen and oxygen atoms in total. The van der Waals surface area contributed by atoms with E-state index >= 15 is 0 Å². The van der Waals surface area contributed by atoms with E-state index in [2.05, 4.69) is 24.1 Å². The number of carbonyl (C=O) groups excluding carboxylic acids is 1. The summed E-state index contributed by atoms with van der Waals surface area (Å²) in [5, 5.41) is 2.87. The van der Waals surface area contributed by atoms with Crippen molar-refractivity contribution < 1.29 is 13.2 Å². The minimum absolute atomic E-state index is 0.0623. The van der Waals surface area contributed by atoms with Gasteiger partial charge in [-0.25, -0.2) is 8.42 Å². The lowest BCUT2D eigenvalue weighted by atomic mass is 10.0. The van der Waals surface area contributed by atoms with Crippen LogP contribution in [0.3, 0.4) is 0 Å². The molecule has 0 aliphatic heterocycles. The summed E-state index contributed by atoms with van der Waals surface area (Å²) < 4.78 is 22.4. The Bertz CT molecular complexity index is 601. The number of likely N-dealkylation sites (N-methyl/N-ethyl adjacent to an activating group) is 1. The van der Waals surface area contributed by atoms with E-state index in [4.69, 9.17) is 5.73 Å². The van der Waals surface area contributed by atoms with Gasteiger partial charge in [-0.05, 0) is 25.1 Å². The molecular weight excluding hydrogens is 326 g/mol. The second kappa shape index (κ2) is 9.76. The lowest BCUT2D eigenvalue weighted by Crippen LogP contribution is -2.45. The molecule has 0 saturated carbocycles. The van der Waals surface area contributed by atoms with Gasteiger partial charge in [-0.1, -0.05) is 44.2 Å². The van der Waals surface area contributed by atoms with E-state index in [9.17, 15) is 13.2 Å². The van der Waals surface area contributed by atoms with Crippen molar-refractivity contribution in [3.63, 3.8) is 0 Å². The molecule has 0 bridgehead atoms. The van der Waals surface area contributed by atoms with Crippen molar-refractivity contribution in [3.8, 4) is 0 Å². The van der Waals surface area contributed by atoms with Gasteiger partial charge < -0.3 is 11.1 Å². The molecule has 24 heavy (non-hydrogen) atoms. The number of nitrogens with zero attached hydrogens (tertiary/aromatic N) is 1. The van der Waals surface area contributed by atoms with Gasteiger partial charge in [0.05, 0.1) is 17.8 Å². The van der Waals surface area contributed by atoms with Crippen molar-refractivity contribution in [2.45, 2.75) is 32.4 Å². The third-order valence-electron chi connectivity index (χ3n) is 4.04. The minimum atomic E-state index is -3.12. The van der Waals surface area contributed by atoms with Crippen LogP contribution in [-0.2, 0) is 14.6 Å². The van der Waals surface area contributed by atoms with Crippen LogP contribution in [0.1, 0.15) is 31.9 Å². The van der Waals surface area contributed by atoms with Crippen LogP contribution in [0.2, 0.25) is 0 Å². The van der Waals surface area contributed by atoms with Gasteiger partial charge in [-0.15, -0.1) is 0 Å². The van der Waals surface area contributed by atoms with Crippen LogP contribution in [0.25, 0.3) is 0 Å². The van der Waals surface area contributed by atoms with Gasteiger partial charge in [0.2, 0.25) is 5.91 Å². The van der Waals surface area contributed by atoms with E-state index in [1.165, 1.54) is 0 Å². The molecule has 1 rings (SSSR count). The third kappa shape index (κ3) is 6.98. The summed E-state index contributed by atoms with van der Waals surface area (Å²) in [5.74, 6) is -0.397. The summed E-state index contributed by atoms with van der Waals surface area (Å²) in [5.41, 5.74) is 6.93. The maximum Gasteiger partial charge on any atom is 0.237 e. The molecule has 0 aliphatic rings. The Balaban J connectivity index is 2.69. The molecule has 1 aromatic rings. The number of benzene rings is 1. The van der Waals surface area contributed by atoms with Gasteiger partial charge in [-0.2, -0.15) is 0 Å². The molecule has 0 heterocycles. The average molecular weight is 356 g/mol. The van der Waals surface area contributed by atoms with E-state index in [-0.39, 0.29) is 24.1 Å². The standard InChI is InChI=1S/C17H29N3O3S/c1-4-20(5-2)16(14-9-7-6-8-10-14)13-19-17(21)15(18)11-12-24(3,22)23/h6-10,15-16H,4-5,11-13,18H2,1-3H3,(H,19,21). The first-order chi connectivity index (χ1) is 11.3. The topological polar surface area (TPSA) is 92.5 Å². The van der Waals surface area contributed by atoms with Gasteiger partial charge in [0.1, 0.15) is 9.84 Å². The van der Waals surface area contributed by atoms with Gasteiger partial charge in [0, 0.05) is 12.8 Å². The quantitative estimate of drug-likeness (QED) is 0.652. The second-order valence-corrected chi connectivity index (χ2v) is 8.18. The Morgan fingerprint density at radius 3 is 2.29 bits per heavy atom. The molecule has 136 valence electrons. The fraction of sp³-hybridized carbons (Fsp3) is 0.588. The largest absolute Gasteiger partial charge is 0.353 e. The first-order valence-electron chi connectivity index (χ1n) is 8.28. The number of hydrogen-bond acceptors (Lipinski definition) is 5. The number of rotatable bonds is 10. The molecule has 1 amide bonds. The highest BCUT2D eigenvalue weighted by atomic mass is 32.2. The monoisotopic (exact) mass is 355 g/mol. The number of amides is 1. The number of nitrogens with one attached hydrogen (secondary N) is 1. The molecule has 3 N–H and O–H groups in total. The molecule has 0 aromatic heterocycles. The Morgan fingerprint density at radius 2 is 1.79 bits per heavy atom. The zero-order valence-electron chi connectivity index (χ0n) is 14.7. The van der Waals surface area contributed by atoms with Gasteiger partial charge in [-0.3, -0.25) is 9.69 Å². The van der Waals surface area contributed by atoms with Crippen LogP contribution in [-0.4, -0.2) is 56.9 Å². The van der Waals surface area contributed by atoms with E-state index in [1.807, 2.05) is 30.3 Å². The Morgan fingerprint density at radius 1 is 1.21 bits per heavy atom. The summed E-state index contributed by atoms with van der Waals surface area (Å²) >= 11 is 0. The summed E-state index contributed by atoms with van der Waals surface area (Å²) in [4.78, 5) is 14.4. The average Bonchev–Trinajstić information content (AvgIpc) is 2.56. The van der Waals surface area contributed by atoms with Crippen molar-refractivity contribution in [2.75, 3.05) is 31.6 Å². The zero-order valence-corrected chi connectivity index (χ0v) is 15.6. The minimum Gasteiger partial charge on any atom is -0.353 e. The summed E-state index contributed by atoms with van der Waals surface area (Å²) in [6.07, 6.45) is 1.27. The molecule has 0 aliphatic carbocycles. The predicted octanol–water partition coefficient (Wildman–Crippen LogP) is 0.948. The number of hydrogen-bond donors (Lipinski definition) is 2. The van der Waals surface area contributed by atoms with E-state index in [1.54, 1.807) is 0 Å². The highest BCUT2D eigenvalue weighted by Crippen LogP contribution is 2.19. The molecular formula is C17H29N3O3S. The van der Waals surface area contributed by atoms with Crippen LogP contribution in [0.5, 0.6) is 0 Å². The SMILES string of the molecule is CCN(CC)C(CNC(=O)C(N)CCS(C)(=O)=O)c1ccccc1. The van der Waals surface area contributed by atoms with E-state index in [0.717, 1.165) is 24.9 Å². The smallest absolute Gasteiger partial charge is 0.237 e. The molecule has 0 fully saturated rings. The maximum atomic E-state index is 12.1. The van der Waals surface area contributed by atoms with Crippen molar-refractivity contribution in [3.05, 3.63) is 35.9 Å². The van der Waals surface area contributed by atoms with Crippen molar-refractivity contribution in [1.29, 1.82) is 0 Å². The fourth-order valence-corrected chi connectivity index (χ4v) is 3.28. The molecule has 0 radical (unpaired) electrons. The zero-order chi connectivity index (χ0) is 18.2. The summed E-state index contributed by atoms with van der Waals surface area (Å²) in [7, 11) is -3.12. The summed E-state index contributed by atoms with van der Waals surface area (Å²) in [6, 6.07) is 9.25. The second-order valence-electron chi connectivity index (χ2n) is 5.92. The Hall–Kier alpha value is -1.44. The number of nitrogens with two attached hydrogens (primary N) is 1. The van der Waals surface area contributed by atoms with Crippen molar-refractivity contribution >= 4 is 15.7 Å². The molecule has 0 spiro atoms. The lowest BCUT2D eigenvalue weighted by Gasteiger charge is -2.30. The van der Waals surface area contributed by atoms with E-state index < -0.39 is 15.9 Å². The summed E-state index contributed by atoms with van der Waals surface area (Å²) in [6.45, 7) is 6.34. The van der Waals surface area contributed by atoms with Crippen LogP contribution >= 0.6 is 0 Å². The van der Waals surface area contributed by atoms with Crippen LogP contribution < -0.4 is 11.1 Å². The maximum absolute atomic E-state index is 12.1. The highest BCUT2D eigenvalue weighted by Gasteiger charge is 2.21. The highest BCUT2D eigenvalue weighted by molar-refractivity contribution is 7.90. The molecule has 1 aromatic carbocycles. The van der Waals surface area contributed by atoms with Crippen LogP contribution in [0, 0.1) is 0 Å². The normalized spacial score (nSPS) is 14.4. The fourth-order valence-electron chi connectivity index (χ4n) is 2.60. The number of sulfone groups is 1. The van der Waals surface area contributed by atoms with Crippen LogP contribution in [0.4, 0.5) is 0 Å². The Labute approximate surface area is 145 Å². The first-order valence-corrected chi connectivity index (χ1v) is 10.3. The van der Waals surface area contributed by atoms with Gasteiger partial charge >= 0.3 is 0 Å². The van der Waals surface area contributed by atoms with Crippen molar-refractivity contribution in [2.24, 2.45) is 5.73 Å². The molecule has 0 saturated heterocycles. The first kappa shape index (κ1) is 20.6. The lowest BCUT2D eigenvalue weighted by molar-refractivity contribution is -0.122. The van der Waals surface area contributed by atoms with Gasteiger partial charge in [0.15, 0.2) is 0 Å². The number of carbonyl (C=O) groups is 1. The van der Waals surface area contributed by atoms with Crippen LogP contribution in [0.15, 0.2) is 30.3 Å². The third-order valence-corrected chi connectivity index (χ3v) is 5.02. The van der Waals surface area contributed by atoms with Gasteiger partial charge in [0.25, 0.3) is 0 Å².